The summed E-state index contributed by atoms with van der Waals surface area (Å²) in [6, 6.07) is 8.59. The number of urea groups is 1. The Hall–Kier alpha value is -2.12. The molecule has 1 saturated heterocycles. The van der Waals surface area contributed by atoms with Crippen molar-refractivity contribution in [1.29, 1.82) is 0 Å². The molecule has 1 aromatic rings. The van der Waals surface area contributed by atoms with Crippen LogP contribution in [-0.2, 0) is 16.0 Å². The van der Waals surface area contributed by atoms with Crippen molar-refractivity contribution in [3.05, 3.63) is 35.9 Å². The molecular formula is C20H29ClN4O3. The second kappa shape index (κ2) is 9.39. The highest BCUT2D eigenvalue weighted by atomic mass is 35.5. The molecule has 7 nitrogen and oxygen atoms in total. The first-order valence-corrected chi connectivity index (χ1v) is 9.67. The third-order valence-electron chi connectivity index (χ3n) is 5.62. The molecule has 0 radical (unpaired) electrons. The molecule has 154 valence electrons. The Labute approximate surface area is 172 Å². The maximum Gasteiger partial charge on any atom is 0.325 e. The number of carbonyl (C=O) groups is 3. The number of hydrogen-bond donors (Lipinski definition) is 2. The molecule has 1 saturated carbocycles. The van der Waals surface area contributed by atoms with Crippen LogP contribution in [0.25, 0.3) is 0 Å². The normalized spacial score (nSPS) is 18.7. The first-order valence-electron chi connectivity index (χ1n) is 9.67. The Morgan fingerprint density at radius 3 is 2.46 bits per heavy atom. The summed E-state index contributed by atoms with van der Waals surface area (Å²) in [5.41, 5.74) is 6.01. The van der Waals surface area contributed by atoms with Gasteiger partial charge in [0, 0.05) is 19.6 Å². The SMILES string of the molecule is CC(C(=O)N(CCN)CCc1ccccc1)N1C(=O)NC2(CCCC2)C1=O.Cl. The van der Waals surface area contributed by atoms with Crippen LogP contribution < -0.4 is 11.1 Å². The summed E-state index contributed by atoms with van der Waals surface area (Å²) in [4.78, 5) is 41.1. The predicted octanol–water partition coefficient (Wildman–Crippen LogP) is 1.69. The second-order valence-corrected chi connectivity index (χ2v) is 7.42. The van der Waals surface area contributed by atoms with Crippen LogP contribution >= 0.6 is 12.4 Å². The van der Waals surface area contributed by atoms with Crippen LogP contribution in [0.15, 0.2) is 30.3 Å². The molecule has 1 aromatic carbocycles. The van der Waals surface area contributed by atoms with E-state index in [2.05, 4.69) is 5.32 Å². The van der Waals surface area contributed by atoms with Crippen molar-refractivity contribution >= 4 is 30.3 Å². The minimum Gasteiger partial charge on any atom is -0.339 e. The zero-order valence-corrected chi connectivity index (χ0v) is 17.0. The van der Waals surface area contributed by atoms with Crippen molar-refractivity contribution in [1.82, 2.24) is 15.1 Å². The second-order valence-electron chi connectivity index (χ2n) is 7.42. The number of imide groups is 1. The van der Waals surface area contributed by atoms with Gasteiger partial charge in [-0.25, -0.2) is 9.69 Å². The number of hydrogen-bond acceptors (Lipinski definition) is 4. The summed E-state index contributed by atoms with van der Waals surface area (Å²) < 4.78 is 0. The molecule has 3 N–H and O–H groups in total. The van der Waals surface area contributed by atoms with Crippen molar-refractivity contribution in [3.8, 4) is 0 Å². The Morgan fingerprint density at radius 2 is 1.86 bits per heavy atom. The van der Waals surface area contributed by atoms with Crippen molar-refractivity contribution in [2.75, 3.05) is 19.6 Å². The first-order chi connectivity index (χ1) is 13.0. The summed E-state index contributed by atoms with van der Waals surface area (Å²) >= 11 is 0. The maximum atomic E-state index is 13.0. The van der Waals surface area contributed by atoms with Crippen molar-refractivity contribution in [2.24, 2.45) is 5.73 Å². The predicted molar refractivity (Wildman–Crippen MR) is 109 cm³/mol. The van der Waals surface area contributed by atoms with Crippen molar-refractivity contribution in [2.45, 2.75) is 50.6 Å². The molecule has 1 spiro atoms. The van der Waals surface area contributed by atoms with E-state index in [4.69, 9.17) is 5.73 Å². The summed E-state index contributed by atoms with van der Waals surface area (Å²) in [5, 5.41) is 2.84. The van der Waals surface area contributed by atoms with Crippen LogP contribution in [0.5, 0.6) is 0 Å². The molecule has 0 bridgehead atoms. The molecule has 1 atom stereocenters. The largest absolute Gasteiger partial charge is 0.339 e. The number of nitrogens with one attached hydrogen (secondary N) is 1. The van der Waals surface area contributed by atoms with Gasteiger partial charge in [-0.15, -0.1) is 12.4 Å². The van der Waals surface area contributed by atoms with Gasteiger partial charge in [0.05, 0.1) is 0 Å². The molecule has 0 aromatic heterocycles. The number of amides is 4. The lowest BCUT2D eigenvalue weighted by atomic mass is 9.97. The Balaban J connectivity index is 0.00000280. The molecule has 8 heteroatoms. The lowest BCUT2D eigenvalue weighted by Gasteiger charge is -2.29. The molecule has 1 heterocycles. The number of benzene rings is 1. The van der Waals surface area contributed by atoms with E-state index >= 15 is 0 Å². The smallest absolute Gasteiger partial charge is 0.325 e. The highest BCUT2D eigenvalue weighted by Crippen LogP contribution is 2.35. The monoisotopic (exact) mass is 408 g/mol. The zero-order chi connectivity index (χ0) is 19.4. The first kappa shape index (κ1) is 22.2. The Morgan fingerprint density at radius 1 is 1.21 bits per heavy atom. The fourth-order valence-electron chi connectivity index (χ4n) is 4.08. The van der Waals surface area contributed by atoms with Crippen LogP contribution in [0, 0.1) is 0 Å². The molecule has 2 fully saturated rings. The average Bonchev–Trinajstić information content (AvgIpc) is 3.23. The fourth-order valence-corrected chi connectivity index (χ4v) is 4.08. The summed E-state index contributed by atoms with van der Waals surface area (Å²) in [6.45, 7) is 2.85. The number of rotatable bonds is 7. The van der Waals surface area contributed by atoms with E-state index in [1.54, 1.807) is 11.8 Å². The van der Waals surface area contributed by atoms with E-state index in [9.17, 15) is 14.4 Å². The van der Waals surface area contributed by atoms with Crippen LogP contribution in [0.1, 0.15) is 38.2 Å². The molecule has 1 unspecified atom stereocenters. The topological polar surface area (TPSA) is 95.7 Å². The highest BCUT2D eigenvalue weighted by Gasteiger charge is 2.54. The van der Waals surface area contributed by atoms with Crippen LogP contribution in [0.3, 0.4) is 0 Å². The molecule has 1 aliphatic carbocycles. The van der Waals surface area contributed by atoms with E-state index < -0.39 is 17.6 Å². The lowest BCUT2D eigenvalue weighted by Crippen LogP contribution is -2.52. The van der Waals surface area contributed by atoms with Gasteiger partial charge < -0.3 is 16.0 Å². The third kappa shape index (κ3) is 4.31. The maximum absolute atomic E-state index is 13.0. The highest BCUT2D eigenvalue weighted by molar-refractivity contribution is 6.09. The molecule has 28 heavy (non-hydrogen) atoms. The van der Waals surface area contributed by atoms with Gasteiger partial charge in [-0.3, -0.25) is 9.59 Å². The molecule has 4 amide bonds. The van der Waals surface area contributed by atoms with Gasteiger partial charge in [-0.1, -0.05) is 43.2 Å². The van der Waals surface area contributed by atoms with Crippen molar-refractivity contribution in [3.63, 3.8) is 0 Å². The lowest BCUT2D eigenvalue weighted by molar-refractivity contribution is -0.142. The summed E-state index contributed by atoms with van der Waals surface area (Å²) in [7, 11) is 0. The van der Waals surface area contributed by atoms with Crippen LogP contribution in [-0.4, -0.2) is 58.9 Å². The van der Waals surface area contributed by atoms with Crippen molar-refractivity contribution < 1.29 is 14.4 Å². The standard InChI is InChI=1S/C20H28N4O3.ClH/c1-15(24-18(26)20(22-19(24)27)10-5-6-11-20)17(25)23(14-12-21)13-9-16-7-3-2-4-8-16;/h2-4,7-8,15H,5-6,9-14,21H2,1H3,(H,22,27);1H. The third-order valence-corrected chi connectivity index (χ3v) is 5.62. The van der Waals surface area contributed by atoms with Gasteiger partial charge in [0.1, 0.15) is 11.6 Å². The quantitative estimate of drug-likeness (QED) is 0.671. The summed E-state index contributed by atoms with van der Waals surface area (Å²) in [6.07, 6.45) is 3.82. The van der Waals surface area contributed by atoms with Gasteiger partial charge in [0.25, 0.3) is 5.91 Å². The van der Waals surface area contributed by atoms with Gasteiger partial charge in [-0.2, -0.15) is 0 Å². The van der Waals surface area contributed by atoms with E-state index in [1.807, 2.05) is 30.3 Å². The van der Waals surface area contributed by atoms with Gasteiger partial charge in [0.2, 0.25) is 5.91 Å². The molecule has 2 aliphatic rings. The van der Waals surface area contributed by atoms with Crippen LogP contribution in [0.2, 0.25) is 0 Å². The number of halogens is 1. The zero-order valence-electron chi connectivity index (χ0n) is 16.2. The Kier molecular flexibility index (Phi) is 7.43. The van der Waals surface area contributed by atoms with Gasteiger partial charge in [-0.05, 0) is 31.7 Å². The van der Waals surface area contributed by atoms with E-state index in [0.29, 0.717) is 38.9 Å². The van der Waals surface area contributed by atoms with E-state index in [0.717, 1.165) is 23.3 Å². The summed E-state index contributed by atoms with van der Waals surface area (Å²) in [5.74, 6) is -0.503. The van der Waals surface area contributed by atoms with E-state index in [-0.39, 0.29) is 24.2 Å². The fraction of sp³-hybridized carbons (Fsp3) is 0.550. The molecule has 1 aliphatic heterocycles. The Bertz CT molecular complexity index is 707. The minimum absolute atomic E-state index is 0. The molecular weight excluding hydrogens is 380 g/mol. The van der Waals surface area contributed by atoms with E-state index in [1.165, 1.54) is 0 Å². The number of carbonyl (C=O) groups excluding carboxylic acids is 3. The minimum atomic E-state index is -0.834. The average molecular weight is 409 g/mol. The van der Waals surface area contributed by atoms with Gasteiger partial charge >= 0.3 is 6.03 Å². The van der Waals surface area contributed by atoms with Crippen LogP contribution in [0.4, 0.5) is 4.79 Å². The number of nitrogens with zero attached hydrogens (tertiary/aromatic N) is 2. The molecule has 3 rings (SSSR count). The number of nitrogens with two attached hydrogens (primary N) is 1. The van der Waals surface area contributed by atoms with Gasteiger partial charge in [0.15, 0.2) is 0 Å².